The summed E-state index contributed by atoms with van der Waals surface area (Å²) in [6.45, 7) is 7.56. The van der Waals surface area contributed by atoms with E-state index in [0.717, 1.165) is 16.5 Å². The summed E-state index contributed by atoms with van der Waals surface area (Å²) in [5.41, 5.74) is 2.21. The van der Waals surface area contributed by atoms with Crippen molar-refractivity contribution in [3.8, 4) is 0 Å². The molecule has 2 rings (SSSR count). The van der Waals surface area contributed by atoms with Gasteiger partial charge in [-0.3, -0.25) is 4.98 Å². The molecule has 14 heavy (non-hydrogen) atoms. The first-order valence-electron chi connectivity index (χ1n) is 4.48. The van der Waals surface area contributed by atoms with Crippen LogP contribution >= 0.6 is 0 Å². The highest BCUT2D eigenvalue weighted by atomic mass is 14.6. The Morgan fingerprint density at radius 2 is 1.64 bits per heavy atom. The van der Waals surface area contributed by atoms with E-state index in [9.17, 15) is 0 Å². The Bertz CT molecular complexity index is 451. The van der Waals surface area contributed by atoms with Crippen LogP contribution in [0.5, 0.6) is 0 Å². The van der Waals surface area contributed by atoms with E-state index in [4.69, 9.17) is 0 Å². The van der Waals surface area contributed by atoms with Crippen molar-refractivity contribution in [3.63, 3.8) is 0 Å². The monoisotopic (exact) mass is 181 g/mol. The van der Waals surface area contributed by atoms with Gasteiger partial charge in [0.05, 0.1) is 0 Å². The second-order valence-corrected chi connectivity index (χ2v) is 3.11. The molecule has 1 aromatic heterocycles. The third-order valence-corrected chi connectivity index (χ3v) is 2.28. The summed E-state index contributed by atoms with van der Waals surface area (Å²) in [7, 11) is 0. The summed E-state index contributed by atoms with van der Waals surface area (Å²) in [5.74, 6) is 0. The Balaban J connectivity index is 2.81. The van der Waals surface area contributed by atoms with Gasteiger partial charge in [-0.05, 0) is 34.7 Å². The van der Waals surface area contributed by atoms with Gasteiger partial charge in [0.1, 0.15) is 0 Å². The number of benzene rings is 1. The summed E-state index contributed by atoms with van der Waals surface area (Å²) >= 11 is 0. The predicted octanol–water partition coefficient (Wildman–Crippen LogP) is 3.52. The SMILES string of the molecule is C=Cc1cc2ccncc2cc1C=C. The molecule has 0 spiro atoms. The van der Waals surface area contributed by atoms with Gasteiger partial charge in [0.15, 0.2) is 0 Å². The second-order valence-electron chi connectivity index (χ2n) is 3.11. The van der Waals surface area contributed by atoms with Gasteiger partial charge in [-0.2, -0.15) is 0 Å². The zero-order valence-corrected chi connectivity index (χ0v) is 7.90. The van der Waals surface area contributed by atoms with Crippen LogP contribution in [0, 0.1) is 0 Å². The summed E-state index contributed by atoms with van der Waals surface area (Å²) in [5, 5.41) is 2.31. The molecule has 0 aliphatic carbocycles. The van der Waals surface area contributed by atoms with E-state index in [1.807, 2.05) is 24.4 Å². The first-order chi connectivity index (χ1) is 6.85. The number of pyridine rings is 1. The number of rotatable bonds is 2. The average molecular weight is 181 g/mol. The molecule has 0 unspecified atom stereocenters. The summed E-state index contributed by atoms with van der Waals surface area (Å²) < 4.78 is 0. The Morgan fingerprint density at radius 3 is 2.29 bits per heavy atom. The molecule has 0 aliphatic rings. The van der Waals surface area contributed by atoms with Crippen molar-refractivity contribution in [3.05, 3.63) is 54.9 Å². The fourth-order valence-electron chi connectivity index (χ4n) is 1.52. The lowest BCUT2D eigenvalue weighted by atomic mass is 10.0. The molecule has 1 aromatic carbocycles. The highest BCUT2D eigenvalue weighted by Crippen LogP contribution is 2.20. The fraction of sp³-hybridized carbons (Fsp3) is 0. The maximum absolute atomic E-state index is 4.08. The Hall–Kier alpha value is -1.89. The van der Waals surface area contributed by atoms with E-state index in [1.54, 1.807) is 6.20 Å². The average Bonchev–Trinajstić information content (AvgIpc) is 2.27. The molecule has 1 nitrogen and oxygen atoms in total. The topological polar surface area (TPSA) is 12.9 Å². The van der Waals surface area contributed by atoms with Crippen LogP contribution in [0.2, 0.25) is 0 Å². The van der Waals surface area contributed by atoms with Gasteiger partial charge in [-0.15, -0.1) is 0 Å². The van der Waals surface area contributed by atoms with E-state index < -0.39 is 0 Å². The second kappa shape index (κ2) is 3.46. The maximum atomic E-state index is 4.08. The summed E-state index contributed by atoms with van der Waals surface area (Å²) in [4.78, 5) is 4.08. The molecule has 68 valence electrons. The van der Waals surface area contributed by atoms with E-state index >= 15 is 0 Å². The van der Waals surface area contributed by atoms with Crippen molar-refractivity contribution in [2.45, 2.75) is 0 Å². The number of hydrogen-bond acceptors (Lipinski definition) is 1. The van der Waals surface area contributed by atoms with Gasteiger partial charge >= 0.3 is 0 Å². The fourth-order valence-corrected chi connectivity index (χ4v) is 1.52. The quantitative estimate of drug-likeness (QED) is 0.690. The van der Waals surface area contributed by atoms with Crippen LogP contribution in [0.1, 0.15) is 11.1 Å². The highest BCUT2D eigenvalue weighted by molar-refractivity contribution is 5.87. The highest BCUT2D eigenvalue weighted by Gasteiger charge is 1.98. The number of nitrogens with zero attached hydrogens (tertiary/aromatic N) is 1. The van der Waals surface area contributed by atoms with Crippen molar-refractivity contribution in [2.75, 3.05) is 0 Å². The minimum atomic E-state index is 1.10. The molecule has 0 amide bonds. The van der Waals surface area contributed by atoms with Gasteiger partial charge in [0.25, 0.3) is 0 Å². The first-order valence-corrected chi connectivity index (χ1v) is 4.48. The molecule has 0 saturated carbocycles. The number of hydrogen-bond donors (Lipinski definition) is 0. The van der Waals surface area contributed by atoms with Crippen LogP contribution in [0.4, 0.5) is 0 Å². The molecule has 1 heteroatoms. The Labute approximate surface area is 83.4 Å². The molecule has 0 aliphatic heterocycles. The van der Waals surface area contributed by atoms with Crippen LogP contribution in [-0.2, 0) is 0 Å². The van der Waals surface area contributed by atoms with E-state index in [0.29, 0.717) is 0 Å². The van der Waals surface area contributed by atoms with Gasteiger partial charge in [-0.1, -0.05) is 25.3 Å². The molecule has 0 N–H and O–H groups in total. The Kier molecular flexibility index (Phi) is 2.15. The van der Waals surface area contributed by atoms with Crippen LogP contribution in [0.25, 0.3) is 22.9 Å². The predicted molar refractivity (Wildman–Crippen MR) is 61.9 cm³/mol. The number of fused-ring (bicyclic) bond motifs is 1. The molecule has 1 heterocycles. The van der Waals surface area contributed by atoms with E-state index in [1.165, 1.54) is 5.39 Å². The van der Waals surface area contributed by atoms with E-state index in [-0.39, 0.29) is 0 Å². The largest absolute Gasteiger partial charge is 0.264 e. The first kappa shape index (κ1) is 8.70. The van der Waals surface area contributed by atoms with E-state index in [2.05, 4.69) is 30.3 Å². The molecule has 2 aromatic rings. The lowest BCUT2D eigenvalue weighted by molar-refractivity contribution is 1.36. The van der Waals surface area contributed by atoms with Gasteiger partial charge in [0.2, 0.25) is 0 Å². The third-order valence-electron chi connectivity index (χ3n) is 2.28. The zero-order valence-electron chi connectivity index (χ0n) is 7.90. The lowest BCUT2D eigenvalue weighted by Gasteiger charge is -2.03. The van der Waals surface area contributed by atoms with Gasteiger partial charge < -0.3 is 0 Å². The van der Waals surface area contributed by atoms with Gasteiger partial charge in [0, 0.05) is 17.8 Å². The third kappa shape index (κ3) is 1.33. The summed E-state index contributed by atoms with van der Waals surface area (Å²) in [6, 6.07) is 6.17. The molecule has 0 bridgehead atoms. The summed E-state index contributed by atoms with van der Waals surface area (Å²) in [6.07, 6.45) is 7.33. The zero-order chi connectivity index (χ0) is 9.97. The molecule has 0 radical (unpaired) electrons. The van der Waals surface area contributed by atoms with Crippen molar-refractivity contribution in [1.82, 2.24) is 4.98 Å². The number of aromatic nitrogens is 1. The van der Waals surface area contributed by atoms with Crippen molar-refractivity contribution in [1.29, 1.82) is 0 Å². The van der Waals surface area contributed by atoms with Crippen molar-refractivity contribution < 1.29 is 0 Å². The van der Waals surface area contributed by atoms with Crippen LogP contribution in [-0.4, -0.2) is 4.98 Å². The molecular formula is C13H11N. The lowest BCUT2D eigenvalue weighted by Crippen LogP contribution is -1.82. The minimum Gasteiger partial charge on any atom is -0.264 e. The molecular weight excluding hydrogens is 170 g/mol. The van der Waals surface area contributed by atoms with Gasteiger partial charge in [-0.25, -0.2) is 0 Å². The molecule has 0 fully saturated rings. The van der Waals surface area contributed by atoms with Crippen LogP contribution in [0.15, 0.2) is 43.8 Å². The van der Waals surface area contributed by atoms with Crippen LogP contribution in [0.3, 0.4) is 0 Å². The van der Waals surface area contributed by atoms with Crippen molar-refractivity contribution >= 4 is 22.9 Å². The normalized spacial score (nSPS) is 10.0. The van der Waals surface area contributed by atoms with Crippen LogP contribution < -0.4 is 0 Å². The molecule has 0 saturated heterocycles. The standard InChI is InChI=1S/C13H11N/c1-3-10-7-12-5-6-14-9-13(12)8-11(10)4-2/h3-9H,1-2H2. The maximum Gasteiger partial charge on any atom is 0.0346 e. The molecule has 0 atom stereocenters. The minimum absolute atomic E-state index is 1.10. The van der Waals surface area contributed by atoms with Crippen molar-refractivity contribution in [2.24, 2.45) is 0 Å². The Morgan fingerprint density at radius 1 is 1.00 bits per heavy atom. The smallest absolute Gasteiger partial charge is 0.0346 e.